The Morgan fingerprint density at radius 3 is 2.55 bits per heavy atom. The van der Waals surface area contributed by atoms with Crippen LogP contribution in [0, 0.1) is 6.92 Å². The predicted molar refractivity (Wildman–Crippen MR) is 157 cm³/mol. The van der Waals surface area contributed by atoms with E-state index in [9.17, 15) is 0 Å². The van der Waals surface area contributed by atoms with Gasteiger partial charge in [0.15, 0.2) is 0 Å². The van der Waals surface area contributed by atoms with Crippen molar-refractivity contribution in [2.45, 2.75) is 26.5 Å². The van der Waals surface area contributed by atoms with Gasteiger partial charge in [0.05, 0.1) is 26.9 Å². The molecule has 0 saturated carbocycles. The van der Waals surface area contributed by atoms with Crippen molar-refractivity contribution in [2.75, 3.05) is 24.5 Å². The molecule has 9 nitrogen and oxygen atoms in total. The van der Waals surface area contributed by atoms with Crippen molar-refractivity contribution in [3.63, 3.8) is 0 Å². The fourth-order valence-corrected chi connectivity index (χ4v) is 5.82. The molecule has 0 fully saturated rings. The number of nitrogens with zero attached hydrogens (tertiary/aromatic N) is 6. The lowest BCUT2D eigenvalue weighted by Gasteiger charge is -2.18. The van der Waals surface area contributed by atoms with Crippen LogP contribution in [0.25, 0.3) is 5.00 Å². The second kappa shape index (κ2) is 11.3. The summed E-state index contributed by atoms with van der Waals surface area (Å²) >= 11 is 1.66. The molecule has 0 bridgehead atoms. The number of pyridine rings is 1. The van der Waals surface area contributed by atoms with Crippen LogP contribution in [0.5, 0.6) is 5.75 Å². The maximum absolute atomic E-state index is 6.08. The van der Waals surface area contributed by atoms with E-state index in [0.29, 0.717) is 31.4 Å². The second-order valence-electron chi connectivity index (χ2n) is 9.46. The molecule has 0 amide bonds. The average molecular weight is 552 g/mol. The van der Waals surface area contributed by atoms with Gasteiger partial charge in [-0.25, -0.2) is 5.01 Å². The number of hydrazone groups is 1. The largest absolute Gasteiger partial charge is 0.497 e. The van der Waals surface area contributed by atoms with Crippen molar-refractivity contribution in [3.05, 3.63) is 112 Å². The van der Waals surface area contributed by atoms with E-state index in [4.69, 9.17) is 20.3 Å². The lowest BCUT2D eigenvalue weighted by atomic mass is 9.99. The molecule has 0 saturated heterocycles. The lowest BCUT2D eigenvalue weighted by molar-refractivity contribution is 0.124. The number of thiophene rings is 1. The number of nitrogens with two attached hydrogens (primary N) is 1. The minimum Gasteiger partial charge on any atom is -0.497 e. The molecule has 5 aromatic rings. The highest BCUT2D eigenvalue weighted by Gasteiger charge is 2.30. The minimum atomic E-state index is 0.500. The molecule has 0 radical (unpaired) electrons. The van der Waals surface area contributed by atoms with E-state index in [1.807, 2.05) is 78.8 Å². The number of rotatable bonds is 9. The third-order valence-electron chi connectivity index (χ3n) is 6.73. The Morgan fingerprint density at radius 2 is 1.80 bits per heavy atom. The summed E-state index contributed by atoms with van der Waals surface area (Å²) in [5, 5.41) is 19.3. The van der Waals surface area contributed by atoms with Gasteiger partial charge in [-0.2, -0.15) is 5.10 Å². The van der Waals surface area contributed by atoms with Crippen LogP contribution in [-0.4, -0.2) is 39.2 Å². The number of methoxy groups -OCH3 is 1. The zero-order valence-electron chi connectivity index (χ0n) is 22.3. The molecule has 202 valence electrons. The highest BCUT2D eigenvalue weighted by molar-refractivity contribution is 7.13. The first-order valence-corrected chi connectivity index (χ1v) is 13.8. The van der Waals surface area contributed by atoms with Gasteiger partial charge in [-0.05, 0) is 65.7 Å². The van der Waals surface area contributed by atoms with E-state index in [1.54, 1.807) is 24.6 Å². The van der Waals surface area contributed by atoms with E-state index < -0.39 is 0 Å². The van der Waals surface area contributed by atoms with Crippen LogP contribution in [0.3, 0.4) is 0 Å². The predicted octanol–water partition coefficient (Wildman–Crippen LogP) is 5.15. The summed E-state index contributed by atoms with van der Waals surface area (Å²) in [6, 6.07) is 19.7. The SMILES string of the molecule is COc1ccc(COCCc2csc3c2C(c2ccc(N)cc2)=NN(Cc2cccnc2)c2nnc(C)n2-3)cc1. The summed E-state index contributed by atoms with van der Waals surface area (Å²) in [5.41, 5.74) is 12.9. The van der Waals surface area contributed by atoms with Crippen LogP contribution in [0.2, 0.25) is 0 Å². The van der Waals surface area contributed by atoms with Crippen LogP contribution in [0.1, 0.15) is 33.6 Å². The van der Waals surface area contributed by atoms with E-state index in [0.717, 1.165) is 56.5 Å². The Morgan fingerprint density at radius 1 is 0.975 bits per heavy atom. The van der Waals surface area contributed by atoms with Crippen molar-refractivity contribution in [1.82, 2.24) is 19.7 Å². The number of ether oxygens (including phenoxy) is 2. The maximum atomic E-state index is 6.08. The molecule has 0 atom stereocenters. The Labute approximate surface area is 236 Å². The summed E-state index contributed by atoms with van der Waals surface area (Å²) in [7, 11) is 1.67. The molecule has 10 heteroatoms. The normalized spacial score (nSPS) is 12.4. The third-order valence-corrected chi connectivity index (χ3v) is 7.74. The first-order valence-electron chi connectivity index (χ1n) is 13.0. The summed E-state index contributed by atoms with van der Waals surface area (Å²) < 4.78 is 13.4. The third kappa shape index (κ3) is 5.18. The maximum Gasteiger partial charge on any atom is 0.253 e. The Balaban J connectivity index is 1.35. The van der Waals surface area contributed by atoms with Crippen molar-refractivity contribution in [1.29, 1.82) is 0 Å². The van der Waals surface area contributed by atoms with Gasteiger partial charge >= 0.3 is 0 Å². The molecule has 1 aliphatic rings. The van der Waals surface area contributed by atoms with Crippen molar-refractivity contribution in [3.8, 4) is 10.8 Å². The van der Waals surface area contributed by atoms with Crippen LogP contribution >= 0.6 is 11.3 Å². The van der Waals surface area contributed by atoms with Gasteiger partial charge in [-0.1, -0.05) is 30.3 Å². The molecule has 0 aliphatic carbocycles. The molecule has 2 aromatic carbocycles. The van der Waals surface area contributed by atoms with Gasteiger partial charge in [-0.15, -0.1) is 21.5 Å². The smallest absolute Gasteiger partial charge is 0.253 e. The van der Waals surface area contributed by atoms with E-state index in [1.165, 1.54) is 0 Å². The fraction of sp³-hybridized carbons (Fsp3) is 0.200. The van der Waals surface area contributed by atoms with E-state index in [2.05, 4.69) is 25.1 Å². The number of nitrogen functional groups attached to an aromatic ring is 1. The molecule has 3 aromatic heterocycles. The molecule has 40 heavy (non-hydrogen) atoms. The topological polar surface area (TPSA) is 104 Å². The second-order valence-corrected chi connectivity index (χ2v) is 10.3. The molecular formula is C30H29N7O2S. The Hall–Kier alpha value is -4.54. The summed E-state index contributed by atoms with van der Waals surface area (Å²) in [6.45, 7) is 3.56. The zero-order chi connectivity index (χ0) is 27.5. The molecule has 4 heterocycles. The standard InChI is InChI=1S/C30H29N7O2S/c1-20-33-34-30-36(17-22-4-3-14-32-16-22)35-28(23-7-9-25(31)10-8-23)27-24(19-40-29(27)37(20)30)13-15-39-18-21-5-11-26(38-2)12-6-21/h3-12,14,16,19H,13,15,17-18,31H2,1-2H3. The van der Waals surface area contributed by atoms with E-state index >= 15 is 0 Å². The molecule has 1 aliphatic heterocycles. The number of aryl methyl sites for hydroxylation is 1. The van der Waals surface area contributed by atoms with Crippen LogP contribution in [-0.2, 0) is 24.3 Å². The zero-order valence-corrected chi connectivity index (χ0v) is 23.1. The van der Waals surface area contributed by atoms with Crippen LogP contribution in [0.4, 0.5) is 11.6 Å². The van der Waals surface area contributed by atoms with Gasteiger partial charge in [0.25, 0.3) is 5.95 Å². The highest BCUT2D eigenvalue weighted by Crippen LogP contribution is 2.37. The van der Waals surface area contributed by atoms with Gasteiger partial charge in [0.1, 0.15) is 22.3 Å². The lowest BCUT2D eigenvalue weighted by Crippen LogP contribution is -2.21. The number of benzene rings is 2. The van der Waals surface area contributed by atoms with Crippen molar-refractivity contribution in [2.24, 2.45) is 5.10 Å². The van der Waals surface area contributed by atoms with Gasteiger partial charge in [0, 0.05) is 29.2 Å². The fourth-order valence-electron chi connectivity index (χ4n) is 4.66. The van der Waals surface area contributed by atoms with Gasteiger partial charge < -0.3 is 15.2 Å². The number of fused-ring (bicyclic) bond motifs is 3. The molecule has 6 rings (SSSR count). The highest BCUT2D eigenvalue weighted by atomic mass is 32.1. The quantitative estimate of drug-likeness (QED) is 0.199. The summed E-state index contributed by atoms with van der Waals surface area (Å²) in [4.78, 5) is 4.29. The molecule has 0 spiro atoms. The number of hydrogen-bond donors (Lipinski definition) is 1. The van der Waals surface area contributed by atoms with Crippen LogP contribution < -0.4 is 15.5 Å². The van der Waals surface area contributed by atoms with Crippen LogP contribution in [0.15, 0.2) is 83.5 Å². The first-order chi connectivity index (χ1) is 19.6. The van der Waals surface area contributed by atoms with Crippen molar-refractivity contribution < 1.29 is 9.47 Å². The monoisotopic (exact) mass is 551 g/mol. The summed E-state index contributed by atoms with van der Waals surface area (Å²) in [6.07, 6.45) is 4.34. The number of aromatic nitrogens is 4. The molecule has 2 N–H and O–H groups in total. The van der Waals surface area contributed by atoms with Gasteiger partial charge in [-0.3, -0.25) is 9.55 Å². The van der Waals surface area contributed by atoms with E-state index in [-0.39, 0.29) is 0 Å². The minimum absolute atomic E-state index is 0.500. The number of hydrogen-bond acceptors (Lipinski definition) is 9. The summed E-state index contributed by atoms with van der Waals surface area (Å²) in [5.74, 6) is 2.29. The first kappa shape index (κ1) is 25.7. The molecular weight excluding hydrogens is 522 g/mol. The number of anilines is 2. The van der Waals surface area contributed by atoms with Crippen molar-refractivity contribution >= 4 is 28.7 Å². The Bertz CT molecular complexity index is 1630. The average Bonchev–Trinajstić information content (AvgIpc) is 3.54. The molecule has 0 unspecified atom stereocenters. The van der Waals surface area contributed by atoms with Gasteiger partial charge in [0.2, 0.25) is 0 Å². The Kier molecular flexibility index (Phi) is 7.26.